The first-order valence-corrected chi connectivity index (χ1v) is 30.2. The van der Waals surface area contributed by atoms with Crippen molar-refractivity contribution in [2.45, 2.75) is 6.92 Å². The Bertz CT molecular complexity index is 5160. The maximum atomic E-state index is 5.66. The monoisotopic (exact) mass is 1140 g/mol. The molecule has 2 aliphatic rings. The van der Waals surface area contributed by atoms with Gasteiger partial charge in [0.1, 0.15) is 0 Å². The standard InChI is InChI=1S/C80H53BN8/c1-52-42-45-70-63(48-52)62-36-17-20-39-69(62)89(70)71-46-43-57(68-51-67(53-24-7-2-8-25-53)82-77(83-68)54-26-9-3-10-27-54)50-64(71)80-85-78(55-28-11-4-12-29-55)84-79(86-80)58-31-23-30-56(49-58)61-44-47-74-75-76(61)88(60-34-15-6-16-35-60)73-41-22-19-38-66(73)81(75)65-37-18-21-40-72(65)87(74)59-32-13-5-14-33-59/h2-51H,1H3. The van der Waals surface area contributed by atoms with E-state index >= 15 is 0 Å². The summed E-state index contributed by atoms with van der Waals surface area (Å²) >= 11 is 0. The third-order valence-corrected chi connectivity index (χ3v) is 17.5. The van der Waals surface area contributed by atoms with Crippen LogP contribution in [-0.4, -0.2) is 36.2 Å². The smallest absolute Gasteiger partial charge is 0.252 e. The van der Waals surface area contributed by atoms with Crippen molar-refractivity contribution in [3.05, 3.63) is 309 Å². The number of hydrogen-bond donors (Lipinski definition) is 0. The first-order valence-electron chi connectivity index (χ1n) is 30.2. The summed E-state index contributed by atoms with van der Waals surface area (Å²) in [6.07, 6.45) is 0. The maximum absolute atomic E-state index is 5.66. The zero-order valence-corrected chi connectivity index (χ0v) is 48.5. The lowest BCUT2D eigenvalue weighted by Crippen LogP contribution is -2.61. The van der Waals surface area contributed by atoms with Gasteiger partial charge in [-0.05, 0) is 114 Å². The van der Waals surface area contributed by atoms with E-state index in [0.29, 0.717) is 23.3 Å². The summed E-state index contributed by atoms with van der Waals surface area (Å²) in [5.41, 5.74) is 23.9. The van der Waals surface area contributed by atoms with Crippen LogP contribution < -0.4 is 26.2 Å². The summed E-state index contributed by atoms with van der Waals surface area (Å²) in [5, 5.41) is 2.33. The number of hydrogen-bond acceptors (Lipinski definition) is 7. The molecule has 0 radical (unpaired) electrons. The molecule has 0 fully saturated rings. The van der Waals surface area contributed by atoms with Crippen molar-refractivity contribution in [2.75, 3.05) is 9.80 Å². The summed E-state index contributed by atoms with van der Waals surface area (Å²) in [7, 11) is 0. The molecule has 12 aromatic carbocycles. The summed E-state index contributed by atoms with van der Waals surface area (Å²) < 4.78 is 2.36. The van der Waals surface area contributed by atoms with Crippen LogP contribution in [0.3, 0.4) is 0 Å². The minimum Gasteiger partial charge on any atom is -0.311 e. The average molecular weight is 1140 g/mol. The Morgan fingerprint density at radius 2 is 0.798 bits per heavy atom. The molecule has 5 heterocycles. The van der Waals surface area contributed by atoms with Crippen molar-refractivity contribution < 1.29 is 0 Å². The van der Waals surface area contributed by atoms with E-state index in [9.17, 15) is 0 Å². The van der Waals surface area contributed by atoms with Crippen molar-refractivity contribution in [1.82, 2.24) is 29.5 Å². The predicted molar refractivity (Wildman–Crippen MR) is 367 cm³/mol. The van der Waals surface area contributed by atoms with E-state index in [0.717, 1.165) is 106 Å². The van der Waals surface area contributed by atoms with E-state index in [4.69, 9.17) is 24.9 Å². The summed E-state index contributed by atoms with van der Waals surface area (Å²) in [4.78, 5) is 32.0. The van der Waals surface area contributed by atoms with Gasteiger partial charge in [0.05, 0.1) is 33.8 Å². The minimum absolute atomic E-state index is 0.0456. The molecular weight excluding hydrogens is 1080 g/mol. The number of anilines is 6. The molecule has 0 amide bonds. The third kappa shape index (κ3) is 8.81. The van der Waals surface area contributed by atoms with Crippen molar-refractivity contribution in [3.8, 4) is 84.9 Å². The third-order valence-electron chi connectivity index (χ3n) is 17.5. The molecule has 0 unspecified atom stereocenters. The molecule has 0 saturated carbocycles. The Morgan fingerprint density at radius 1 is 0.292 bits per heavy atom. The van der Waals surface area contributed by atoms with Crippen LogP contribution in [0.1, 0.15) is 5.56 Å². The number of benzene rings is 12. The second kappa shape index (κ2) is 21.3. The topological polar surface area (TPSA) is 75.9 Å². The molecule has 2 aliphatic heterocycles. The Hall–Kier alpha value is -11.8. The fourth-order valence-electron chi connectivity index (χ4n) is 13.5. The van der Waals surface area contributed by atoms with Gasteiger partial charge in [-0.2, -0.15) is 0 Å². The van der Waals surface area contributed by atoms with Gasteiger partial charge in [0, 0.05) is 78.2 Å². The second-order valence-corrected chi connectivity index (χ2v) is 22.8. The van der Waals surface area contributed by atoms with Gasteiger partial charge in [-0.3, -0.25) is 0 Å². The second-order valence-electron chi connectivity index (χ2n) is 22.8. The lowest BCUT2D eigenvalue weighted by Gasteiger charge is -2.45. The van der Waals surface area contributed by atoms with Gasteiger partial charge in [0.25, 0.3) is 6.71 Å². The Labute approximate surface area is 516 Å². The van der Waals surface area contributed by atoms with Crippen LogP contribution in [0.15, 0.2) is 303 Å². The lowest BCUT2D eigenvalue weighted by molar-refractivity contribution is 1.06. The van der Waals surface area contributed by atoms with Crippen molar-refractivity contribution in [2.24, 2.45) is 0 Å². The van der Waals surface area contributed by atoms with Gasteiger partial charge in [-0.15, -0.1) is 0 Å². The highest BCUT2D eigenvalue weighted by atomic mass is 15.2. The molecule has 89 heavy (non-hydrogen) atoms. The quantitative estimate of drug-likeness (QED) is 0.126. The Kier molecular flexibility index (Phi) is 12.4. The first kappa shape index (κ1) is 51.6. The molecule has 0 spiro atoms. The van der Waals surface area contributed by atoms with Crippen LogP contribution in [-0.2, 0) is 0 Å². The highest BCUT2D eigenvalue weighted by Crippen LogP contribution is 2.48. The average Bonchev–Trinajstić information content (AvgIpc) is 1.25. The van der Waals surface area contributed by atoms with E-state index in [2.05, 4.69) is 270 Å². The summed E-state index contributed by atoms with van der Waals surface area (Å²) in [6.45, 7) is 2.11. The molecule has 416 valence electrons. The summed E-state index contributed by atoms with van der Waals surface area (Å²) in [6, 6.07) is 108. The van der Waals surface area contributed by atoms with E-state index < -0.39 is 0 Å². The van der Waals surface area contributed by atoms with Gasteiger partial charge in [-0.1, -0.05) is 224 Å². The molecule has 0 atom stereocenters. The lowest BCUT2D eigenvalue weighted by atomic mass is 9.33. The van der Waals surface area contributed by atoms with Crippen molar-refractivity contribution in [1.29, 1.82) is 0 Å². The van der Waals surface area contributed by atoms with Crippen molar-refractivity contribution in [3.63, 3.8) is 0 Å². The van der Waals surface area contributed by atoms with E-state index in [-0.39, 0.29) is 6.71 Å². The molecule has 3 aromatic heterocycles. The van der Waals surface area contributed by atoms with Crippen LogP contribution in [0.25, 0.3) is 107 Å². The normalized spacial score (nSPS) is 12.3. The predicted octanol–water partition coefficient (Wildman–Crippen LogP) is 17.8. The maximum Gasteiger partial charge on any atom is 0.252 e. The Morgan fingerprint density at radius 3 is 1.48 bits per heavy atom. The zero-order valence-electron chi connectivity index (χ0n) is 48.5. The molecular formula is C80H53BN8. The summed E-state index contributed by atoms with van der Waals surface area (Å²) in [5.74, 6) is 2.26. The van der Waals surface area contributed by atoms with Crippen LogP contribution in [0.2, 0.25) is 0 Å². The molecule has 0 saturated heterocycles. The number of rotatable bonds is 10. The number of aryl methyl sites for hydroxylation is 1. The van der Waals surface area contributed by atoms with Crippen LogP contribution >= 0.6 is 0 Å². The largest absolute Gasteiger partial charge is 0.311 e. The van der Waals surface area contributed by atoms with Crippen LogP contribution in [0.5, 0.6) is 0 Å². The molecule has 15 aromatic rings. The molecule has 8 nitrogen and oxygen atoms in total. The van der Waals surface area contributed by atoms with Gasteiger partial charge >= 0.3 is 0 Å². The van der Waals surface area contributed by atoms with E-state index in [1.54, 1.807) is 0 Å². The van der Waals surface area contributed by atoms with E-state index in [1.807, 2.05) is 54.6 Å². The van der Waals surface area contributed by atoms with Gasteiger partial charge in [-0.25, -0.2) is 24.9 Å². The number of aromatic nitrogens is 6. The van der Waals surface area contributed by atoms with Crippen molar-refractivity contribution >= 4 is 79.0 Å². The van der Waals surface area contributed by atoms with Crippen LogP contribution in [0, 0.1) is 6.92 Å². The zero-order chi connectivity index (χ0) is 58.9. The number of nitrogens with zero attached hydrogens (tertiary/aromatic N) is 8. The fraction of sp³-hybridized carbons (Fsp3) is 0.0125. The van der Waals surface area contributed by atoms with Gasteiger partial charge in [0.2, 0.25) is 0 Å². The Balaban J connectivity index is 0.901. The molecule has 17 rings (SSSR count). The number of para-hydroxylation sites is 5. The molecule has 0 bridgehead atoms. The fourth-order valence-corrected chi connectivity index (χ4v) is 13.5. The number of fused-ring (bicyclic) bond motifs is 7. The van der Waals surface area contributed by atoms with Gasteiger partial charge in [0.15, 0.2) is 23.3 Å². The SMILES string of the molecule is Cc1ccc2c(c1)c1ccccc1n2-c1ccc(-c2cc(-c3ccccc3)nc(-c3ccccc3)n2)cc1-c1nc(-c2ccccc2)nc(-c2cccc(-c3ccc4c5c3N(c3ccccc3)c3ccccc3B5c3ccccc3N4c3ccccc3)c2)n1. The van der Waals surface area contributed by atoms with Gasteiger partial charge < -0.3 is 14.4 Å². The molecule has 0 aliphatic carbocycles. The van der Waals surface area contributed by atoms with E-state index in [1.165, 1.54) is 33.0 Å². The molecule has 9 heteroatoms. The first-order chi connectivity index (χ1) is 44.1. The highest BCUT2D eigenvalue weighted by Gasteiger charge is 2.44. The highest BCUT2D eigenvalue weighted by molar-refractivity contribution is 7.00. The van der Waals surface area contributed by atoms with Crippen LogP contribution in [0.4, 0.5) is 34.1 Å². The minimum atomic E-state index is -0.0456. The molecule has 0 N–H and O–H groups in total.